The first-order chi connectivity index (χ1) is 14.1. The Kier molecular flexibility index (Phi) is 5.35. The van der Waals surface area contributed by atoms with E-state index in [2.05, 4.69) is 36.2 Å². The molecule has 0 aliphatic rings. The standard InChI is InChI=1S/C21H15BrN4O3/c22-15-5-1-2-6-16(15)24-19(27)12-29-21(28)13-7-8-17-18(10-13)26-20(25-17)14-4-3-9-23-11-14/h1-11H,12H2,(H,24,27)(H,25,26). The van der Waals surface area contributed by atoms with Gasteiger partial charge in [0, 0.05) is 22.4 Å². The van der Waals surface area contributed by atoms with Crippen molar-refractivity contribution in [3.8, 4) is 11.4 Å². The highest BCUT2D eigenvalue weighted by Gasteiger charge is 2.13. The Morgan fingerprint density at radius 3 is 2.76 bits per heavy atom. The van der Waals surface area contributed by atoms with Crippen molar-refractivity contribution in [2.75, 3.05) is 11.9 Å². The van der Waals surface area contributed by atoms with Crippen LogP contribution < -0.4 is 5.32 Å². The minimum absolute atomic E-state index is 0.326. The number of nitrogens with one attached hydrogen (secondary N) is 2. The number of ether oxygens (including phenoxy) is 1. The first-order valence-electron chi connectivity index (χ1n) is 8.72. The molecule has 0 saturated heterocycles. The Morgan fingerprint density at radius 1 is 1.10 bits per heavy atom. The summed E-state index contributed by atoms with van der Waals surface area (Å²) in [5.41, 5.74) is 3.18. The second-order valence-corrected chi connectivity index (χ2v) is 7.02. The summed E-state index contributed by atoms with van der Waals surface area (Å²) in [6.07, 6.45) is 3.39. The third-order valence-corrected chi connectivity index (χ3v) is 4.83. The number of imidazole rings is 1. The normalized spacial score (nSPS) is 10.7. The van der Waals surface area contributed by atoms with Crippen molar-refractivity contribution in [3.63, 3.8) is 0 Å². The van der Waals surface area contributed by atoms with Crippen LogP contribution in [0, 0.1) is 0 Å². The number of hydrogen-bond donors (Lipinski definition) is 2. The van der Waals surface area contributed by atoms with E-state index in [-0.39, 0.29) is 6.61 Å². The fraction of sp³-hybridized carbons (Fsp3) is 0.0476. The van der Waals surface area contributed by atoms with Gasteiger partial charge < -0.3 is 15.0 Å². The topological polar surface area (TPSA) is 97.0 Å². The molecule has 4 aromatic rings. The van der Waals surface area contributed by atoms with E-state index in [1.54, 1.807) is 48.8 Å². The monoisotopic (exact) mass is 450 g/mol. The third kappa shape index (κ3) is 4.33. The predicted octanol–water partition coefficient (Wildman–Crippen LogP) is 4.18. The van der Waals surface area contributed by atoms with Crippen LogP contribution in [-0.4, -0.2) is 33.4 Å². The van der Waals surface area contributed by atoms with Gasteiger partial charge in [0.1, 0.15) is 5.82 Å². The molecular weight excluding hydrogens is 436 g/mol. The molecule has 0 aliphatic carbocycles. The number of carbonyl (C=O) groups is 2. The number of carbonyl (C=O) groups excluding carboxylic acids is 2. The van der Waals surface area contributed by atoms with Crippen molar-refractivity contribution in [1.29, 1.82) is 0 Å². The molecule has 2 aromatic heterocycles. The van der Waals surface area contributed by atoms with E-state index in [9.17, 15) is 9.59 Å². The minimum atomic E-state index is -0.591. The zero-order valence-corrected chi connectivity index (χ0v) is 16.6. The molecule has 0 spiro atoms. The number of halogens is 1. The minimum Gasteiger partial charge on any atom is -0.452 e. The van der Waals surface area contributed by atoms with Crippen molar-refractivity contribution in [2.45, 2.75) is 0 Å². The molecule has 0 aliphatic heterocycles. The molecule has 1 amide bonds. The van der Waals surface area contributed by atoms with E-state index in [0.717, 1.165) is 10.0 Å². The maximum Gasteiger partial charge on any atom is 0.338 e. The number of para-hydroxylation sites is 1. The number of fused-ring (bicyclic) bond motifs is 1. The fourth-order valence-electron chi connectivity index (χ4n) is 2.74. The molecule has 144 valence electrons. The SMILES string of the molecule is O=C(COC(=O)c1ccc2nc(-c3cccnc3)[nH]c2c1)Nc1ccccc1Br. The second-order valence-electron chi connectivity index (χ2n) is 6.16. The average molecular weight is 451 g/mol. The zero-order chi connectivity index (χ0) is 20.2. The van der Waals surface area contributed by atoms with Crippen LogP contribution in [0.4, 0.5) is 5.69 Å². The van der Waals surface area contributed by atoms with Gasteiger partial charge in [0.25, 0.3) is 5.91 Å². The number of aromatic nitrogens is 3. The van der Waals surface area contributed by atoms with Crippen molar-refractivity contribution in [3.05, 3.63) is 77.0 Å². The van der Waals surface area contributed by atoms with Gasteiger partial charge in [0.15, 0.2) is 6.61 Å². The Balaban J connectivity index is 1.43. The van der Waals surface area contributed by atoms with Crippen molar-refractivity contribution in [2.24, 2.45) is 0 Å². The second kappa shape index (κ2) is 8.24. The Morgan fingerprint density at radius 2 is 1.97 bits per heavy atom. The van der Waals surface area contributed by atoms with E-state index in [1.165, 1.54) is 0 Å². The highest BCUT2D eigenvalue weighted by Crippen LogP contribution is 2.22. The quantitative estimate of drug-likeness (QED) is 0.444. The molecule has 0 unspecified atom stereocenters. The van der Waals surface area contributed by atoms with Gasteiger partial charge in [-0.2, -0.15) is 0 Å². The van der Waals surface area contributed by atoms with Crippen LogP contribution in [0.2, 0.25) is 0 Å². The largest absolute Gasteiger partial charge is 0.452 e. The zero-order valence-electron chi connectivity index (χ0n) is 15.1. The predicted molar refractivity (Wildman–Crippen MR) is 112 cm³/mol. The lowest BCUT2D eigenvalue weighted by atomic mass is 10.2. The maximum absolute atomic E-state index is 12.3. The first-order valence-corrected chi connectivity index (χ1v) is 9.51. The number of pyridine rings is 1. The van der Waals surface area contributed by atoms with Crippen molar-refractivity contribution < 1.29 is 14.3 Å². The van der Waals surface area contributed by atoms with Gasteiger partial charge in [-0.3, -0.25) is 9.78 Å². The van der Waals surface area contributed by atoms with Crippen molar-refractivity contribution >= 4 is 44.5 Å². The lowest BCUT2D eigenvalue weighted by molar-refractivity contribution is -0.119. The Bertz CT molecular complexity index is 1190. The number of amides is 1. The number of rotatable bonds is 5. The van der Waals surface area contributed by atoms with Gasteiger partial charge >= 0.3 is 5.97 Å². The Hall–Kier alpha value is -3.52. The van der Waals surface area contributed by atoms with Crippen LogP contribution in [0.1, 0.15) is 10.4 Å². The molecule has 4 rings (SSSR count). The third-order valence-electron chi connectivity index (χ3n) is 4.13. The van der Waals surface area contributed by atoms with Gasteiger partial charge in [0.2, 0.25) is 0 Å². The fourth-order valence-corrected chi connectivity index (χ4v) is 3.12. The summed E-state index contributed by atoms with van der Waals surface area (Å²) in [4.78, 5) is 36.1. The molecule has 7 nitrogen and oxygen atoms in total. The molecule has 0 saturated carbocycles. The number of aromatic amines is 1. The van der Waals surface area contributed by atoms with Crippen molar-refractivity contribution in [1.82, 2.24) is 15.0 Å². The van der Waals surface area contributed by atoms with Crippen LogP contribution >= 0.6 is 15.9 Å². The highest BCUT2D eigenvalue weighted by atomic mass is 79.9. The molecule has 0 atom stereocenters. The van der Waals surface area contributed by atoms with Crippen LogP contribution in [0.15, 0.2) is 71.5 Å². The number of esters is 1. The van der Waals surface area contributed by atoms with Crippen LogP contribution in [-0.2, 0) is 9.53 Å². The summed E-state index contributed by atoms with van der Waals surface area (Å²) < 4.78 is 5.88. The van der Waals surface area contributed by atoms with Gasteiger partial charge in [-0.15, -0.1) is 0 Å². The Labute approximate surface area is 174 Å². The summed E-state index contributed by atoms with van der Waals surface area (Å²) in [7, 11) is 0. The molecule has 8 heteroatoms. The number of nitrogens with zero attached hydrogens (tertiary/aromatic N) is 2. The van der Waals surface area contributed by atoms with E-state index >= 15 is 0 Å². The average Bonchev–Trinajstić information content (AvgIpc) is 3.18. The molecular formula is C21H15BrN4O3. The number of hydrogen-bond acceptors (Lipinski definition) is 5. The van der Waals surface area contributed by atoms with Crippen LogP contribution in [0.3, 0.4) is 0 Å². The van der Waals surface area contributed by atoms with Gasteiger partial charge in [-0.05, 0) is 58.4 Å². The molecule has 0 fully saturated rings. The van der Waals surface area contributed by atoms with E-state index in [0.29, 0.717) is 28.1 Å². The van der Waals surface area contributed by atoms with Gasteiger partial charge in [-0.1, -0.05) is 12.1 Å². The lowest BCUT2D eigenvalue weighted by Crippen LogP contribution is -2.21. The molecule has 2 N–H and O–H groups in total. The van der Waals surface area contributed by atoms with E-state index in [4.69, 9.17) is 4.74 Å². The van der Waals surface area contributed by atoms with Crippen LogP contribution in [0.5, 0.6) is 0 Å². The summed E-state index contributed by atoms with van der Waals surface area (Å²) in [5.74, 6) is -0.357. The lowest BCUT2D eigenvalue weighted by Gasteiger charge is -2.08. The summed E-state index contributed by atoms with van der Waals surface area (Å²) in [6, 6.07) is 15.9. The molecule has 29 heavy (non-hydrogen) atoms. The summed E-state index contributed by atoms with van der Waals surface area (Å²) in [5, 5.41) is 2.68. The first kappa shape index (κ1) is 18.8. The smallest absolute Gasteiger partial charge is 0.338 e. The molecule has 2 heterocycles. The maximum atomic E-state index is 12.3. The summed E-state index contributed by atoms with van der Waals surface area (Å²) >= 11 is 3.35. The van der Waals surface area contributed by atoms with Crippen LogP contribution in [0.25, 0.3) is 22.4 Å². The number of benzene rings is 2. The molecule has 0 bridgehead atoms. The van der Waals surface area contributed by atoms with E-state index < -0.39 is 11.9 Å². The summed E-state index contributed by atoms with van der Waals surface area (Å²) in [6.45, 7) is -0.387. The number of anilines is 1. The molecule has 0 radical (unpaired) electrons. The van der Waals surface area contributed by atoms with E-state index in [1.807, 2.05) is 18.2 Å². The van der Waals surface area contributed by atoms with Gasteiger partial charge in [-0.25, -0.2) is 9.78 Å². The molecule has 2 aromatic carbocycles. The van der Waals surface area contributed by atoms with Gasteiger partial charge in [0.05, 0.1) is 22.3 Å². The number of H-pyrrole nitrogens is 1. The highest BCUT2D eigenvalue weighted by molar-refractivity contribution is 9.10.